The standard InChI is InChI=1S/C16H29N/c1-13(12-16(2,3)4)6-5-7-14-8-10-15(17)11-9-14/h8,10-11,13-14H,5-7,9,12,17H2,1-4H3. The average Bonchev–Trinajstić information content (AvgIpc) is 2.18. The van der Waals surface area contributed by atoms with Gasteiger partial charge in [-0.3, -0.25) is 0 Å². The first-order chi connectivity index (χ1) is 7.87. The molecule has 1 aliphatic carbocycles. The first-order valence-corrected chi connectivity index (χ1v) is 7.00. The molecule has 2 N–H and O–H groups in total. The molecule has 0 heterocycles. The summed E-state index contributed by atoms with van der Waals surface area (Å²) in [4.78, 5) is 0. The highest BCUT2D eigenvalue weighted by Crippen LogP contribution is 2.28. The van der Waals surface area contributed by atoms with Gasteiger partial charge < -0.3 is 5.73 Å². The maximum absolute atomic E-state index is 5.72. The summed E-state index contributed by atoms with van der Waals surface area (Å²) in [6, 6.07) is 0. The van der Waals surface area contributed by atoms with Crippen LogP contribution in [0.5, 0.6) is 0 Å². The maximum atomic E-state index is 5.72. The summed E-state index contributed by atoms with van der Waals surface area (Å²) in [5.74, 6) is 1.58. The second-order valence-electron chi connectivity index (χ2n) is 6.86. The summed E-state index contributed by atoms with van der Waals surface area (Å²) in [6.07, 6.45) is 13.0. The first kappa shape index (κ1) is 14.3. The van der Waals surface area contributed by atoms with Crippen molar-refractivity contribution in [2.45, 2.75) is 59.8 Å². The lowest BCUT2D eigenvalue weighted by Gasteiger charge is -2.23. The highest BCUT2D eigenvalue weighted by atomic mass is 14.6. The van der Waals surface area contributed by atoms with Crippen molar-refractivity contribution in [3.8, 4) is 0 Å². The molecule has 0 fully saturated rings. The van der Waals surface area contributed by atoms with E-state index >= 15 is 0 Å². The largest absolute Gasteiger partial charge is 0.399 e. The van der Waals surface area contributed by atoms with Crippen LogP contribution >= 0.6 is 0 Å². The number of hydrogen-bond donors (Lipinski definition) is 1. The Morgan fingerprint density at radius 2 is 2.12 bits per heavy atom. The van der Waals surface area contributed by atoms with E-state index in [1.807, 2.05) is 0 Å². The summed E-state index contributed by atoms with van der Waals surface area (Å²) >= 11 is 0. The molecule has 0 aromatic carbocycles. The van der Waals surface area contributed by atoms with Crippen molar-refractivity contribution in [3.63, 3.8) is 0 Å². The molecule has 0 aliphatic heterocycles. The Kier molecular flexibility index (Phi) is 5.30. The lowest BCUT2D eigenvalue weighted by molar-refractivity contribution is 0.289. The Labute approximate surface area is 107 Å². The molecular formula is C16H29N. The van der Waals surface area contributed by atoms with Crippen LogP contribution in [-0.4, -0.2) is 0 Å². The Balaban J connectivity index is 2.14. The summed E-state index contributed by atoms with van der Waals surface area (Å²) < 4.78 is 0. The summed E-state index contributed by atoms with van der Waals surface area (Å²) in [5.41, 5.74) is 7.12. The Morgan fingerprint density at radius 3 is 2.65 bits per heavy atom. The minimum atomic E-state index is 0.474. The van der Waals surface area contributed by atoms with Crippen LogP contribution in [0, 0.1) is 17.3 Å². The SMILES string of the molecule is CC(CCCC1C=CC(N)=CC1)CC(C)(C)C. The fraction of sp³-hybridized carbons (Fsp3) is 0.750. The second-order valence-corrected chi connectivity index (χ2v) is 6.86. The Morgan fingerprint density at radius 1 is 1.41 bits per heavy atom. The molecule has 0 amide bonds. The van der Waals surface area contributed by atoms with E-state index in [4.69, 9.17) is 5.73 Å². The highest BCUT2D eigenvalue weighted by Gasteiger charge is 2.15. The molecule has 0 aromatic rings. The lowest BCUT2D eigenvalue weighted by Crippen LogP contribution is -2.11. The topological polar surface area (TPSA) is 26.0 Å². The fourth-order valence-electron chi connectivity index (χ4n) is 2.77. The van der Waals surface area contributed by atoms with Crippen LogP contribution in [0.25, 0.3) is 0 Å². The molecule has 1 heteroatoms. The van der Waals surface area contributed by atoms with E-state index in [-0.39, 0.29) is 0 Å². The summed E-state index contributed by atoms with van der Waals surface area (Å²) in [6.45, 7) is 9.39. The van der Waals surface area contributed by atoms with E-state index in [0.29, 0.717) is 5.41 Å². The van der Waals surface area contributed by atoms with Gasteiger partial charge in [0.15, 0.2) is 0 Å². The maximum Gasteiger partial charge on any atom is 0.0270 e. The molecule has 2 unspecified atom stereocenters. The third-order valence-electron chi connectivity index (χ3n) is 3.45. The van der Waals surface area contributed by atoms with Gasteiger partial charge in [0, 0.05) is 5.70 Å². The zero-order valence-electron chi connectivity index (χ0n) is 12.0. The van der Waals surface area contributed by atoms with E-state index < -0.39 is 0 Å². The van der Waals surface area contributed by atoms with Crippen molar-refractivity contribution in [1.82, 2.24) is 0 Å². The van der Waals surface area contributed by atoms with Crippen molar-refractivity contribution >= 4 is 0 Å². The van der Waals surface area contributed by atoms with Gasteiger partial charge in [-0.05, 0) is 42.6 Å². The van der Waals surface area contributed by atoms with Gasteiger partial charge in [-0.2, -0.15) is 0 Å². The van der Waals surface area contributed by atoms with Crippen molar-refractivity contribution < 1.29 is 0 Å². The number of nitrogens with two attached hydrogens (primary N) is 1. The third kappa shape index (κ3) is 6.55. The van der Waals surface area contributed by atoms with Crippen molar-refractivity contribution in [1.29, 1.82) is 0 Å². The number of allylic oxidation sites excluding steroid dienone is 3. The van der Waals surface area contributed by atoms with Crippen LogP contribution in [0.3, 0.4) is 0 Å². The molecule has 0 radical (unpaired) electrons. The van der Waals surface area contributed by atoms with Gasteiger partial charge in [0.05, 0.1) is 0 Å². The zero-order chi connectivity index (χ0) is 12.9. The van der Waals surface area contributed by atoms with Gasteiger partial charge in [0.25, 0.3) is 0 Å². The first-order valence-electron chi connectivity index (χ1n) is 7.00. The minimum Gasteiger partial charge on any atom is -0.399 e. The van der Waals surface area contributed by atoms with Crippen LogP contribution in [0.1, 0.15) is 59.8 Å². The van der Waals surface area contributed by atoms with E-state index in [1.165, 1.54) is 25.7 Å². The monoisotopic (exact) mass is 235 g/mol. The van der Waals surface area contributed by atoms with E-state index in [9.17, 15) is 0 Å². The normalized spacial score (nSPS) is 22.4. The zero-order valence-corrected chi connectivity index (χ0v) is 12.0. The van der Waals surface area contributed by atoms with Gasteiger partial charge in [-0.15, -0.1) is 0 Å². The lowest BCUT2D eigenvalue weighted by atomic mass is 9.82. The molecule has 2 atom stereocenters. The molecule has 98 valence electrons. The van der Waals surface area contributed by atoms with Gasteiger partial charge in [0.1, 0.15) is 0 Å². The van der Waals surface area contributed by atoms with Gasteiger partial charge >= 0.3 is 0 Å². The van der Waals surface area contributed by atoms with Crippen LogP contribution < -0.4 is 5.73 Å². The molecule has 1 nitrogen and oxygen atoms in total. The highest BCUT2D eigenvalue weighted by molar-refractivity contribution is 5.20. The van der Waals surface area contributed by atoms with Crippen molar-refractivity contribution in [2.24, 2.45) is 23.0 Å². The second kappa shape index (κ2) is 6.28. The van der Waals surface area contributed by atoms with Crippen LogP contribution in [0.15, 0.2) is 23.9 Å². The molecule has 17 heavy (non-hydrogen) atoms. The van der Waals surface area contributed by atoms with E-state index in [1.54, 1.807) is 0 Å². The third-order valence-corrected chi connectivity index (χ3v) is 3.45. The smallest absolute Gasteiger partial charge is 0.0270 e. The van der Waals surface area contributed by atoms with Crippen molar-refractivity contribution in [2.75, 3.05) is 0 Å². The number of rotatable bonds is 5. The van der Waals surface area contributed by atoms with E-state index in [2.05, 4.69) is 45.9 Å². The quantitative estimate of drug-likeness (QED) is 0.737. The van der Waals surface area contributed by atoms with Gasteiger partial charge in [-0.1, -0.05) is 52.7 Å². The average molecular weight is 235 g/mol. The van der Waals surface area contributed by atoms with Crippen LogP contribution in [0.2, 0.25) is 0 Å². The Hall–Kier alpha value is -0.720. The minimum absolute atomic E-state index is 0.474. The summed E-state index contributed by atoms with van der Waals surface area (Å²) in [5, 5.41) is 0. The Bertz CT molecular complexity index is 280. The van der Waals surface area contributed by atoms with Gasteiger partial charge in [0.2, 0.25) is 0 Å². The molecule has 1 rings (SSSR count). The predicted octanol–water partition coefficient (Wildman–Crippen LogP) is 4.65. The molecule has 0 spiro atoms. The number of hydrogen-bond acceptors (Lipinski definition) is 1. The predicted molar refractivity (Wildman–Crippen MR) is 76.6 cm³/mol. The molecule has 0 saturated heterocycles. The van der Waals surface area contributed by atoms with Crippen LogP contribution in [0.4, 0.5) is 0 Å². The molecular weight excluding hydrogens is 206 g/mol. The summed E-state index contributed by atoms with van der Waals surface area (Å²) in [7, 11) is 0. The van der Waals surface area contributed by atoms with Crippen LogP contribution in [-0.2, 0) is 0 Å². The van der Waals surface area contributed by atoms with Gasteiger partial charge in [-0.25, -0.2) is 0 Å². The molecule has 0 aromatic heterocycles. The molecule has 0 bridgehead atoms. The fourth-order valence-corrected chi connectivity index (χ4v) is 2.77. The van der Waals surface area contributed by atoms with E-state index in [0.717, 1.165) is 24.0 Å². The molecule has 0 saturated carbocycles. The molecule has 1 aliphatic rings. The van der Waals surface area contributed by atoms with Crippen molar-refractivity contribution in [3.05, 3.63) is 23.9 Å².